The molecule has 1 fully saturated rings. The Morgan fingerprint density at radius 2 is 2.00 bits per heavy atom. The molecule has 170 valence electrons. The zero-order chi connectivity index (χ0) is 23.6. The number of likely N-dealkylation sites (tertiary alicyclic amines) is 1. The molecule has 0 aliphatic carbocycles. The lowest BCUT2D eigenvalue weighted by molar-refractivity contribution is -0.121. The maximum Gasteiger partial charge on any atom is 0.254 e. The molecule has 2 aromatic rings. The fourth-order valence-electron chi connectivity index (χ4n) is 4.16. The summed E-state index contributed by atoms with van der Waals surface area (Å²) in [7, 11) is 0. The number of allylic oxidation sites excluding steroid dienone is 1. The number of hydrogen-bond acceptors (Lipinski definition) is 5. The number of oxime groups is 1. The molecule has 2 unspecified atom stereocenters. The number of carbonyl (C=O) groups is 3. The summed E-state index contributed by atoms with van der Waals surface area (Å²) in [5, 5.41) is 7.55. The van der Waals surface area contributed by atoms with Crippen LogP contribution in [0.25, 0.3) is 0 Å². The van der Waals surface area contributed by atoms with Gasteiger partial charge in [-0.25, -0.2) is 0 Å². The zero-order valence-electron chi connectivity index (χ0n) is 18.0. The first-order valence-corrected chi connectivity index (χ1v) is 10.8. The molecule has 8 nitrogen and oxygen atoms in total. The zero-order valence-corrected chi connectivity index (χ0v) is 18.7. The van der Waals surface area contributed by atoms with Crippen LogP contribution in [0.4, 0.5) is 5.69 Å². The van der Waals surface area contributed by atoms with Crippen LogP contribution in [0.15, 0.2) is 65.8 Å². The van der Waals surface area contributed by atoms with Crippen LogP contribution >= 0.6 is 11.6 Å². The molecule has 2 aliphatic heterocycles. The molecule has 2 atom stereocenters. The first-order chi connectivity index (χ1) is 15.8. The van der Waals surface area contributed by atoms with Crippen molar-refractivity contribution in [1.82, 2.24) is 4.90 Å². The van der Waals surface area contributed by atoms with Crippen LogP contribution in [0.1, 0.15) is 35.7 Å². The molecule has 3 amide bonds. The quantitative estimate of drug-likeness (QED) is 0.659. The van der Waals surface area contributed by atoms with Crippen LogP contribution in [-0.4, -0.2) is 46.5 Å². The van der Waals surface area contributed by atoms with Gasteiger partial charge in [0, 0.05) is 34.7 Å². The van der Waals surface area contributed by atoms with Gasteiger partial charge in [-0.1, -0.05) is 35.0 Å². The summed E-state index contributed by atoms with van der Waals surface area (Å²) >= 11 is 5.92. The van der Waals surface area contributed by atoms with Crippen LogP contribution < -0.4 is 11.1 Å². The van der Waals surface area contributed by atoms with Gasteiger partial charge in [-0.2, -0.15) is 0 Å². The van der Waals surface area contributed by atoms with Crippen LogP contribution in [0.3, 0.4) is 0 Å². The molecule has 1 spiro atoms. The van der Waals surface area contributed by atoms with E-state index in [-0.39, 0.29) is 24.8 Å². The summed E-state index contributed by atoms with van der Waals surface area (Å²) in [4.78, 5) is 44.4. The second-order valence-electron chi connectivity index (χ2n) is 8.12. The minimum atomic E-state index is -0.846. The van der Waals surface area contributed by atoms with Gasteiger partial charge in [0.1, 0.15) is 6.04 Å². The highest BCUT2D eigenvalue weighted by Gasteiger charge is 2.53. The van der Waals surface area contributed by atoms with E-state index in [1.54, 1.807) is 49.4 Å². The average Bonchev–Trinajstić information content (AvgIpc) is 3.38. The van der Waals surface area contributed by atoms with E-state index in [1.165, 1.54) is 11.0 Å². The van der Waals surface area contributed by atoms with Crippen molar-refractivity contribution in [3.8, 4) is 0 Å². The fraction of sp³-hybridized carbons (Fsp3) is 0.250. The molecule has 1 saturated heterocycles. The molecule has 0 saturated carbocycles. The van der Waals surface area contributed by atoms with Crippen molar-refractivity contribution >= 4 is 40.7 Å². The predicted octanol–water partition coefficient (Wildman–Crippen LogP) is 3.12. The van der Waals surface area contributed by atoms with Crippen molar-refractivity contribution in [2.24, 2.45) is 10.9 Å². The molecular formula is C24H23ClN4O4. The second kappa shape index (κ2) is 9.07. The Hall–Kier alpha value is -3.65. The maximum absolute atomic E-state index is 13.1. The van der Waals surface area contributed by atoms with Crippen LogP contribution in [-0.2, 0) is 14.4 Å². The van der Waals surface area contributed by atoms with Crippen LogP contribution in [0, 0.1) is 0 Å². The van der Waals surface area contributed by atoms with Gasteiger partial charge in [0.2, 0.25) is 11.8 Å². The van der Waals surface area contributed by atoms with E-state index in [2.05, 4.69) is 10.5 Å². The Bertz CT molecular complexity index is 1160. The second-order valence-corrected chi connectivity index (χ2v) is 8.56. The highest BCUT2D eigenvalue weighted by atomic mass is 35.5. The van der Waals surface area contributed by atoms with Gasteiger partial charge >= 0.3 is 0 Å². The van der Waals surface area contributed by atoms with Gasteiger partial charge < -0.3 is 20.8 Å². The van der Waals surface area contributed by atoms with Crippen molar-refractivity contribution < 1.29 is 19.2 Å². The maximum atomic E-state index is 13.1. The molecule has 4 rings (SSSR count). The van der Waals surface area contributed by atoms with Crippen LogP contribution in [0.5, 0.6) is 0 Å². The van der Waals surface area contributed by atoms with E-state index in [4.69, 9.17) is 22.2 Å². The third-order valence-corrected chi connectivity index (χ3v) is 5.95. The fourth-order valence-corrected chi connectivity index (χ4v) is 4.28. The summed E-state index contributed by atoms with van der Waals surface area (Å²) in [6.45, 7) is 1.94. The summed E-state index contributed by atoms with van der Waals surface area (Å²) in [6.07, 6.45) is 3.73. The molecule has 2 heterocycles. The van der Waals surface area contributed by atoms with Gasteiger partial charge in [-0.15, -0.1) is 0 Å². The van der Waals surface area contributed by atoms with Crippen molar-refractivity contribution in [3.05, 3.63) is 76.8 Å². The van der Waals surface area contributed by atoms with E-state index in [1.807, 2.05) is 12.1 Å². The number of amides is 3. The van der Waals surface area contributed by atoms with Crippen molar-refractivity contribution in [1.29, 1.82) is 0 Å². The van der Waals surface area contributed by atoms with Gasteiger partial charge in [-0.05, 0) is 49.4 Å². The molecule has 33 heavy (non-hydrogen) atoms. The van der Waals surface area contributed by atoms with Crippen molar-refractivity contribution in [2.75, 3.05) is 11.9 Å². The Morgan fingerprint density at radius 3 is 2.70 bits per heavy atom. The number of rotatable bonds is 5. The average molecular weight is 467 g/mol. The van der Waals surface area contributed by atoms with Crippen molar-refractivity contribution in [3.63, 3.8) is 0 Å². The Morgan fingerprint density at radius 1 is 1.24 bits per heavy atom. The van der Waals surface area contributed by atoms with Gasteiger partial charge in [0.25, 0.3) is 5.91 Å². The van der Waals surface area contributed by atoms with Gasteiger partial charge in [0.05, 0.1) is 12.3 Å². The van der Waals surface area contributed by atoms with E-state index < -0.39 is 17.6 Å². The monoisotopic (exact) mass is 466 g/mol. The summed E-state index contributed by atoms with van der Waals surface area (Å²) in [5.74, 6) is -1.15. The Labute approximate surface area is 196 Å². The van der Waals surface area contributed by atoms with E-state index >= 15 is 0 Å². The molecular weight excluding hydrogens is 444 g/mol. The largest absolute Gasteiger partial charge is 0.387 e. The SMILES string of the molecule is CC=CC(=O)Nc1cccc(C2=NOC3(C2)CC(C(N)=O)N(C(=O)c2ccc(Cl)cc2)C3)c1. The van der Waals surface area contributed by atoms with E-state index in [9.17, 15) is 14.4 Å². The number of nitrogens with zero attached hydrogens (tertiary/aromatic N) is 2. The van der Waals surface area contributed by atoms with E-state index in [0.717, 1.165) is 5.56 Å². The third kappa shape index (κ3) is 4.75. The summed E-state index contributed by atoms with van der Waals surface area (Å²) in [6, 6.07) is 12.9. The number of halogens is 1. The Balaban J connectivity index is 1.52. The summed E-state index contributed by atoms with van der Waals surface area (Å²) in [5.41, 5.74) is 7.26. The number of nitrogens with two attached hydrogens (primary N) is 1. The Kier molecular flexibility index (Phi) is 6.20. The lowest BCUT2D eigenvalue weighted by Gasteiger charge is -2.23. The lowest BCUT2D eigenvalue weighted by atomic mass is 9.91. The number of benzene rings is 2. The minimum Gasteiger partial charge on any atom is -0.387 e. The molecule has 0 bridgehead atoms. The molecule has 9 heteroatoms. The van der Waals surface area contributed by atoms with E-state index in [0.29, 0.717) is 28.4 Å². The topological polar surface area (TPSA) is 114 Å². The molecule has 2 aliphatic rings. The number of anilines is 1. The summed E-state index contributed by atoms with van der Waals surface area (Å²) < 4.78 is 0. The number of primary amides is 1. The predicted molar refractivity (Wildman–Crippen MR) is 125 cm³/mol. The first kappa shape index (κ1) is 22.5. The smallest absolute Gasteiger partial charge is 0.254 e. The normalized spacial score (nSPS) is 21.8. The molecule has 0 aromatic heterocycles. The highest BCUT2D eigenvalue weighted by molar-refractivity contribution is 6.30. The molecule has 0 radical (unpaired) electrons. The third-order valence-electron chi connectivity index (χ3n) is 5.70. The minimum absolute atomic E-state index is 0.173. The number of hydrogen-bond donors (Lipinski definition) is 2. The number of nitrogens with one attached hydrogen (secondary N) is 1. The number of carbonyl (C=O) groups excluding carboxylic acids is 3. The first-order valence-electron chi connectivity index (χ1n) is 10.5. The van der Waals surface area contributed by atoms with Gasteiger partial charge in [-0.3, -0.25) is 14.4 Å². The van der Waals surface area contributed by atoms with Gasteiger partial charge in [0.15, 0.2) is 5.60 Å². The van der Waals surface area contributed by atoms with Crippen molar-refractivity contribution in [2.45, 2.75) is 31.4 Å². The lowest BCUT2D eigenvalue weighted by Crippen LogP contribution is -2.44. The highest BCUT2D eigenvalue weighted by Crippen LogP contribution is 2.39. The molecule has 3 N–H and O–H groups in total. The standard InChI is InChI=1S/C24H23ClN4O4/c1-2-4-21(30)27-18-6-3-5-16(11-18)19-12-24(33-28-19)13-20(22(26)31)29(14-24)23(32)15-7-9-17(25)10-8-15/h2-11,20H,12-14H2,1H3,(H2,26,31)(H,27,30). The van der Waals surface area contributed by atoms with Crippen LogP contribution in [0.2, 0.25) is 5.02 Å². The molecule has 2 aromatic carbocycles.